The number of amides is 2. The van der Waals surface area contributed by atoms with Crippen molar-refractivity contribution >= 4 is 11.8 Å². The topological polar surface area (TPSA) is 67.2 Å². The molecule has 2 aliphatic rings. The molecule has 0 aromatic carbocycles. The van der Waals surface area contributed by atoms with Gasteiger partial charge in [-0.25, -0.2) is 4.98 Å². The summed E-state index contributed by atoms with van der Waals surface area (Å²) < 4.78 is 2.15. The second-order valence-electron chi connectivity index (χ2n) is 7.11. The van der Waals surface area contributed by atoms with E-state index in [1.165, 1.54) is 5.69 Å². The highest BCUT2D eigenvalue weighted by Crippen LogP contribution is 2.25. The molecule has 2 amide bonds. The second-order valence-corrected chi connectivity index (χ2v) is 7.11. The number of piperazine rings is 1. The van der Waals surface area contributed by atoms with Gasteiger partial charge < -0.3 is 14.8 Å². The minimum atomic E-state index is -0.318. The Kier molecular flexibility index (Phi) is 4.41. The number of fused-ring (bicyclic) bond motifs is 1. The van der Waals surface area contributed by atoms with E-state index in [-0.39, 0.29) is 23.8 Å². The summed E-state index contributed by atoms with van der Waals surface area (Å²) in [6.45, 7) is 8.02. The van der Waals surface area contributed by atoms with Crippen molar-refractivity contribution in [3.8, 4) is 0 Å². The van der Waals surface area contributed by atoms with Gasteiger partial charge in [-0.15, -0.1) is 0 Å². The van der Waals surface area contributed by atoms with Gasteiger partial charge in [-0.3, -0.25) is 9.59 Å². The minimum absolute atomic E-state index is 0.00592. The number of rotatable bonds is 3. The van der Waals surface area contributed by atoms with Crippen LogP contribution in [0, 0.1) is 18.8 Å². The second kappa shape index (κ2) is 6.34. The van der Waals surface area contributed by atoms with E-state index < -0.39 is 0 Å². The molecule has 6 nitrogen and oxygen atoms in total. The fourth-order valence-corrected chi connectivity index (χ4v) is 3.69. The van der Waals surface area contributed by atoms with E-state index in [0.717, 1.165) is 25.1 Å². The molecule has 0 unspecified atom stereocenters. The van der Waals surface area contributed by atoms with Crippen molar-refractivity contribution in [1.82, 2.24) is 19.8 Å². The number of carbonyl (C=O) groups is 2. The third-order valence-electron chi connectivity index (χ3n) is 4.95. The van der Waals surface area contributed by atoms with Crippen LogP contribution in [-0.4, -0.2) is 45.4 Å². The summed E-state index contributed by atoms with van der Waals surface area (Å²) in [5, 5.41) is 2.90. The van der Waals surface area contributed by atoms with Crippen molar-refractivity contribution in [2.75, 3.05) is 13.1 Å². The lowest BCUT2D eigenvalue weighted by molar-refractivity contribution is -0.147. The maximum absolute atomic E-state index is 13.0. The predicted molar refractivity (Wildman–Crippen MR) is 86.7 cm³/mol. The monoisotopic (exact) mass is 318 g/mol. The lowest BCUT2D eigenvalue weighted by Gasteiger charge is -2.39. The summed E-state index contributed by atoms with van der Waals surface area (Å²) in [5.74, 6) is 1.43. The van der Waals surface area contributed by atoms with Gasteiger partial charge in [0.25, 0.3) is 0 Å². The normalized spacial score (nSPS) is 24.5. The maximum atomic E-state index is 13.0. The van der Waals surface area contributed by atoms with E-state index in [1.54, 1.807) is 0 Å². The fourth-order valence-electron chi connectivity index (χ4n) is 3.69. The summed E-state index contributed by atoms with van der Waals surface area (Å²) in [5.41, 5.74) is 1.21. The van der Waals surface area contributed by atoms with Gasteiger partial charge in [0.15, 0.2) is 0 Å². The maximum Gasteiger partial charge on any atom is 0.242 e. The van der Waals surface area contributed by atoms with Crippen molar-refractivity contribution in [2.45, 2.75) is 52.6 Å². The standard InChI is InChI=1S/C17H26N4O2/c1-11(2)8-15-16(22)18-6-7-20(15)17(23)13-4-5-14-9-19-12(3)21(14)10-13/h9,11,13,15H,4-8,10H2,1-3H3,(H,18,22)/t13-,15-/m0/s1. The Balaban J connectivity index is 1.76. The molecule has 1 aromatic heterocycles. The Morgan fingerprint density at radius 1 is 1.48 bits per heavy atom. The number of aromatic nitrogens is 2. The first kappa shape index (κ1) is 16.0. The van der Waals surface area contributed by atoms with Crippen LogP contribution >= 0.6 is 0 Å². The molecule has 0 bridgehead atoms. The Bertz CT molecular complexity index is 608. The van der Waals surface area contributed by atoms with Crippen LogP contribution in [0.25, 0.3) is 0 Å². The molecule has 0 radical (unpaired) electrons. The van der Waals surface area contributed by atoms with Crippen LogP contribution < -0.4 is 5.32 Å². The molecule has 0 spiro atoms. The Morgan fingerprint density at radius 3 is 3.00 bits per heavy atom. The largest absolute Gasteiger partial charge is 0.353 e. The molecule has 2 atom stereocenters. The third kappa shape index (κ3) is 3.12. The molecule has 1 fully saturated rings. The molecule has 3 heterocycles. The summed E-state index contributed by atoms with van der Waals surface area (Å²) in [6, 6.07) is -0.318. The zero-order chi connectivity index (χ0) is 16.6. The van der Waals surface area contributed by atoms with Crippen LogP contribution in [0.5, 0.6) is 0 Å². The summed E-state index contributed by atoms with van der Waals surface area (Å²) in [6.07, 6.45) is 4.36. The zero-order valence-corrected chi connectivity index (χ0v) is 14.2. The van der Waals surface area contributed by atoms with E-state index in [1.807, 2.05) is 18.0 Å². The third-order valence-corrected chi connectivity index (χ3v) is 4.95. The molecule has 1 aromatic rings. The van der Waals surface area contributed by atoms with E-state index in [9.17, 15) is 9.59 Å². The van der Waals surface area contributed by atoms with E-state index in [0.29, 0.717) is 25.6 Å². The van der Waals surface area contributed by atoms with Gasteiger partial charge in [0.1, 0.15) is 11.9 Å². The number of nitrogens with one attached hydrogen (secondary N) is 1. The summed E-state index contributed by atoms with van der Waals surface area (Å²) in [4.78, 5) is 31.4. The van der Waals surface area contributed by atoms with Crippen molar-refractivity contribution < 1.29 is 9.59 Å². The van der Waals surface area contributed by atoms with Crippen molar-refractivity contribution in [3.63, 3.8) is 0 Å². The Morgan fingerprint density at radius 2 is 2.26 bits per heavy atom. The Labute approximate surface area is 137 Å². The molecule has 126 valence electrons. The summed E-state index contributed by atoms with van der Waals surface area (Å²) in [7, 11) is 0. The first-order valence-electron chi connectivity index (χ1n) is 8.56. The Hall–Kier alpha value is -1.85. The van der Waals surface area contributed by atoms with E-state index in [2.05, 4.69) is 28.7 Å². The van der Waals surface area contributed by atoms with Crippen molar-refractivity contribution in [2.24, 2.45) is 11.8 Å². The lowest BCUT2D eigenvalue weighted by Crippen LogP contribution is -2.59. The highest BCUT2D eigenvalue weighted by atomic mass is 16.2. The molecular formula is C17H26N4O2. The molecule has 23 heavy (non-hydrogen) atoms. The SMILES string of the molecule is Cc1ncc2n1C[C@@H](C(=O)N1CCNC(=O)[C@@H]1CC(C)C)CC2. The average Bonchev–Trinajstić information content (AvgIpc) is 2.89. The van der Waals surface area contributed by atoms with Gasteiger partial charge in [-0.05, 0) is 32.1 Å². The molecular weight excluding hydrogens is 292 g/mol. The van der Waals surface area contributed by atoms with Crippen LogP contribution in [0.4, 0.5) is 0 Å². The van der Waals surface area contributed by atoms with Crippen molar-refractivity contribution in [3.05, 3.63) is 17.7 Å². The first-order chi connectivity index (χ1) is 11.0. The smallest absolute Gasteiger partial charge is 0.242 e. The zero-order valence-electron chi connectivity index (χ0n) is 14.2. The van der Waals surface area contributed by atoms with Crippen molar-refractivity contribution in [1.29, 1.82) is 0 Å². The van der Waals surface area contributed by atoms with Gasteiger partial charge in [-0.1, -0.05) is 13.8 Å². The van der Waals surface area contributed by atoms with Crippen LogP contribution in [0.3, 0.4) is 0 Å². The summed E-state index contributed by atoms with van der Waals surface area (Å²) >= 11 is 0. The van der Waals surface area contributed by atoms with Gasteiger partial charge in [0, 0.05) is 31.5 Å². The van der Waals surface area contributed by atoms with Gasteiger partial charge in [0.2, 0.25) is 11.8 Å². The number of hydrogen-bond acceptors (Lipinski definition) is 3. The van der Waals surface area contributed by atoms with Crippen LogP contribution in [0.2, 0.25) is 0 Å². The molecule has 2 aliphatic heterocycles. The average molecular weight is 318 g/mol. The van der Waals surface area contributed by atoms with E-state index in [4.69, 9.17) is 0 Å². The number of imidazole rings is 1. The quantitative estimate of drug-likeness (QED) is 0.908. The fraction of sp³-hybridized carbons (Fsp3) is 0.706. The number of aryl methyl sites for hydroxylation is 2. The highest BCUT2D eigenvalue weighted by Gasteiger charge is 2.37. The van der Waals surface area contributed by atoms with E-state index >= 15 is 0 Å². The molecule has 1 saturated heterocycles. The highest BCUT2D eigenvalue weighted by molar-refractivity contribution is 5.89. The van der Waals surface area contributed by atoms with Gasteiger partial charge in [-0.2, -0.15) is 0 Å². The van der Waals surface area contributed by atoms with Gasteiger partial charge in [0.05, 0.1) is 5.92 Å². The van der Waals surface area contributed by atoms with Gasteiger partial charge >= 0.3 is 0 Å². The number of carbonyl (C=O) groups excluding carboxylic acids is 2. The first-order valence-corrected chi connectivity index (χ1v) is 8.56. The number of hydrogen-bond donors (Lipinski definition) is 1. The van der Waals surface area contributed by atoms with Crippen LogP contribution in [-0.2, 0) is 22.6 Å². The van der Waals surface area contributed by atoms with Crippen LogP contribution in [0.15, 0.2) is 6.20 Å². The molecule has 0 aliphatic carbocycles. The predicted octanol–water partition coefficient (Wildman–Crippen LogP) is 1.13. The molecule has 1 N–H and O–H groups in total. The van der Waals surface area contributed by atoms with Crippen LogP contribution in [0.1, 0.15) is 38.2 Å². The lowest BCUT2D eigenvalue weighted by atomic mass is 9.93. The minimum Gasteiger partial charge on any atom is -0.353 e. The number of nitrogens with zero attached hydrogens (tertiary/aromatic N) is 3. The molecule has 3 rings (SSSR count). The molecule has 0 saturated carbocycles. The molecule has 6 heteroatoms.